The molecule has 3 rings (SSSR count). The number of anilines is 2. The minimum atomic E-state index is -0.723. The lowest BCUT2D eigenvalue weighted by Gasteiger charge is -2.11. The summed E-state index contributed by atoms with van der Waals surface area (Å²) in [6.45, 7) is 2.35. The Morgan fingerprint density at radius 2 is 1.77 bits per heavy atom. The van der Waals surface area contributed by atoms with Crippen LogP contribution in [-0.4, -0.2) is 10.9 Å². The quantitative estimate of drug-likeness (QED) is 0.717. The van der Waals surface area contributed by atoms with Crippen molar-refractivity contribution in [2.24, 2.45) is 0 Å². The smallest absolute Gasteiger partial charge is 0.253 e. The SMILES string of the molecule is Cc1ccccc1CNC(=O)c1cncc(Nc2c(F)cccc2F)c1. The van der Waals surface area contributed by atoms with Crippen LogP contribution in [0.1, 0.15) is 21.5 Å². The molecule has 26 heavy (non-hydrogen) atoms. The molecule has 4 nitrogen and oxygen atoms in total. The average Bonchev–Trinajstić information content (AvgIpc) is 2.64. The number of hydrogen-bond donors (Lipinski definition) is 2. The Morgan fingerprint density at radius 3 is 2.50 bits per heavy atom. The summed E-state index contributed by atoms with van der Waals surface area (Å²) in [5, 5.41) is 5.44. The van der Waals surface area contributed by atoms with Gasteiger partial charge in [0.2, 0.25) is 0 Å². The molecule has 6 heteroatoms. The first-order valence-corrected chi connectivity index (χ1v) is 8.03. The summed E-state index contributed by atoms with van der Waals surface area (Å²) in [4.78, 5) is 16.3. The molecule has 132 valence electrons. The molecular formula is C20H17F2N3O. The van der Waals surface area contributed by atoms with E-state index in [0.717, 1.165) is 23.3 Å². The van der Waals surface area contributed by atoms with E-state index < -0.39 is 11.6 Å². The normalized spacial score (nSPS) is 10.4. The summed E-state index contributed by atoms with van der Waals surface area (Å²) >= 11 is 0. The van der Waals surface area contributed by atoms with Gasteiger partial charge < -0.3 is 10.6 Å². The van der Waals surface area contributed by atoms with E-state index in [1.54, 1.807) is 0 Å². The molecule has 0 bridgehead atoms. The molecule has 0 atom stereocenters. The topological polar surface area (TPSA) is 54.0 Å². The summed E-state index contributed by atoms with van der Waals surface area (Å²) in [5.41, 5.74) is 2.41. The third kappa shape index (κ3) is 4.03. The Kier molecular flexibility index (Phi) is 5.22. The zero-order valence-corrected chi connectivity index (χ0v) is 14.1. The van der Waals surface area contributed by atoms with Gasteiger partial charge in [0.1, 0.15) is 17.3 Å². The van der Waals surface area contributed by atoms with Crippen LogP contribution in [0.3, 0.4) is 0 Å². The molecule has 0 radical (unpaired) electrons. The minimum Gasteiger partial charge on any atom is -0.349 e. The third-order valence-electron chi connectivity index (χ3n) is 3.93. The van der Waals surface area contributed by atoms with E-state index in [0.29, 0.717) is 17.8 Å². The van der Waals surface area contributed by atoms with Crippen molar-refractivity contribution in [1.29, 1.82) is 0 Å². The molecule has 2 aromatic carbocycles. The monoisotopic (exact) mass is 353 g/mol. The van der Waals surface area contributed by atoms with Gasteiger partial charge in [-0.05, 0) is 36.2 Å². The molecule has 3 aromatic rings. The highest BCUT2D eigenvalue weighted by Gasteiger charge is 2.11. The number of para-hydroxylation sites is 1. The van der Waals surface area contributed by atoms with Gasteiger partial charge in [0.25, 0.3) is 5.91 Å². The van der Waals surface area contributed by atoms with Crippen molar-refractivity contribution in [3.8, 4) is 0 Å². The molecule has 0 spiro atoms. The number of nitrogens with zero attached hydrogens (tertiary/aromatic N) is 1. The maximum absolute atomic E-state index is 13.7. The minimum absolute atomic E-state index is 0.285. The molecule has 0 saturated heterocycles. The van der Waals surface area contributed by atoms with E-state index >= 15 is 0 Å². The number of halogens is 2. The predicted octanol–water partition coefficient (Wildman–Crippen LogP) is 4.34. The van der Waals surface area contributed by atoms with Crippen molar-refractivity contribution >= 4 is 17.3 Å². The van der Waals surface area contributed by atoms with Gasteiger partial charge in [-0.1, -0.05) is 30.3 Å². The Bertz CT molecular complexity index is 924. The van der Waals surface area contributed by atoms with Crippen LogP contribution in [0.4, 0.5) is 20.2 Å². The molecule has 0 aliphatic rings. The van der Waals surface area contributed by atoms with Gasteiger partial charge in [-0.2, -0.15) is 0 Å². The van der Waals surface area contributed by atoms with Gasteiger partial charge in [0.15, 0.2) is 0 Å². The van der Waals surface area contributed by atoms with Gasteiger partial charge in [0, 0.05) is 12.7 Å². The second-order valence-electron chi connectivity index (χ2n) is 5.79. The Balaban J connectivity index is 1.72. The fourth-order valence-electron chi connectivity index (χ4n) is 2.48. The Hall–Kier alpha value is -3.28. The zero-order chi connectivity index (χ0) is 18.5. The highest BCUT2D eigenvalue weighted by atomic mass is 19.1. The molecule has 1 amide bonds. The first kappa shape index (κ1) is 17.5. The number of nitrogens with one attached hydrogen (secondary N) is 2. The maximum atomic E-state index is 13.7. The van der Waals surface area contributed by atoms with Crippen LogP contribution in [0.2, 0.25) is 0 Å². The molecule has 0 aliphatic carbocycles. The number of benzene rings is 2. The summed E-state index contributed by atoms with van der Waals surface area (Å²) < 4.78 is 27.5. The lowest BCUT2D eigenvalue weighted by Crippen LogP contribution is -2.23. The summed E-state index contributed by atoms with van der Waals surface area (Å²) in [5.74, 6) is -1.77. The number of amides is 1. The van der Waals surface area contributed by atoms with E-state index in [9.17, 15) is 13.6 Å². The number of aryl methyl sites for hydroxylation is 1. The standard InChI is InChI=1S/C20H17F2N3O/c1-13-5-2-3-6-14(13)11-24-20(26)15-9-16(12-23-10-15)25-19-17(21)7-4-8-18(19)22/h2-10,12,25H,11H2,1H3,(H,24,26). The van der Waals surface area contributed by atoms with Gasteiger partial charge in [-0.15, -0.1) is 0 Å². The lowest BCUT2D eigenvalue weighted by atomic mass is 10.1. The van der Waals surface area contributed by atoms with Crippen LogP contribution in [0.25, 0.3) is 0 Å². The van der Waals surface area contributed by atoms with E-state index in [1.807, 2.05) is 31.2 Å². The van der Waals surface area contributed by atoms with E-state index in [-0.39, 0.29) is 11.6 Å². The first-order valence-electron chi connectivity index (χ1n) is 8.03. The van der Waals surface area contributed by atoms with Crippen LogP contribution < -0.4 is 10.6 Å². The van der Waals surface area contributed by atoms with E-state index in [1.165, 1.54) is 24.5 Å². The van der Waals surface area contributed by atoms with Crippen LogP contribution >= 0.6 is 0 Å². The maximum Gasteiger partial charge on any atom is 0.253 e. The molecule has 0 aliphatic heterocycles. The summed E-state index contributed by atoms with van der Waals surface area (Å²) in [7, 11) is 0. The Labute approximate surface area is 149 Å². The van der Waals surface area contributed by atoms with Gasteiger partial charge in [0.05, 0.1) is 17.4 Å². The van der Waals surface area contributed by atoms with Crippen LogP contribution in [-0.2, 0) is 6.54 Å². The highest BCUT2D eigenvalue weighted by molar-refractivity contribution is 5.94. The van der Waals surface area contributed by atoms with Crippen LogP contribution in [0.5, 0.6) is 0 Å². The van der Waals surface area contributed by atoms with Gasteiger partial charge in [-0.3, -0.25) is 9.78 Å². The fraction of sp³-hybridized carbons (Fsp3) is 0.100. The van der Waals surface area contributed by atoms with Crippen molar-refractivity contribution in [3.05, 3.63) is 89.2 Å². The lowest BCUT2D eigenvalue weighted by molar-refractivity contribution is 0.0950. The average molecular weight is 353 g/mol. The largest absolute Gasteiger partial charge is 0.349 e. The zero-order valence-electron chi connectivity index (χ0n) is 14.1. The molecule has 0 unspecified atom stereocenters. The number of hydrogen-bond acceptors (Lipinski definition) is 3. The van der Waals surface area contributed by atoms with Crippen molar-refractivity contribution in [2.75, 3.05) is 5.32 Å². The van der Waals surface area contributed by atoms with Crippen molar-refractivity contribution in [1.82, 2.24) is 10.3 Å². The second kappa shape index (κ2) is 7.74. The number of carbonyl (C=O) groups excluding carboxylic acids is 1. The van der Waals surface area contributed by atoms with Gasteiger partial charge in [-0.25, -0.2) is 8.78 Å². The molecule has 0 fully saturated rings. The Morgan fingerprint density at radius 1 is 1.04 bits per heavy atom. The van der Waals surface area contributed by atoms with Crippen LogP contribution in [0.15, 0.2) is 60.9 Å². The van der Waals surface area contributed by atoms with E-state index in [2.05, 4.69) is 15.6 Å². The number of carbonyl (C=O) groups is 1. The molecule has 0 saturated carbocycles. The predicted molar refractivity (Wildman–Crippen MR) is 96.2 cm³/mol. The number of aromatic nitrogens is 1. The molecule has 1 aromatic heterocycles. The van der Waals surface area contributed by atoms with Crippen molar-refractivity contribution < 1.29 is 13.6 Å². The summed E-state index contributed by atoms with van der Waals surface area (Å²) in [6, 6.07) is 12.8. The molecular weight excluding hydrogens is 336 g/mol. The molecule has 1 heterocycles. The summed E-state index contributed by atoms with van der Waals surface area (Å²) in [6.07, 6.45) is 2.79. The fourth-order valence-corrected chi connectivity index (χ4v) is 2.48. The van der Waals surface area contributed by atoms with E-state index in [4.69, 9.17) is 0 Å². The van der Waals surface area contributed by atoms with Crippen molar-refractivity contribution in [3.63, 3.8) is 0 Å². The number of pyridine rings is 1. The highest BCUT2D eigenvalue weighted by Crippen LogP contribution is 2.23. The van der Waals surface area contributed by atoms with Crippen LogP contribution in [0, 0.1) is 18.6 Å². The van der Waals surface area contributed by atoms with Crippen molar-refractivity contribution in [2.45, 2.75) is 13.5 Å². The van der Waals surface area contributed by atoms with Gasteiger partial charge >= 0.3 is 0 Å². The first-order chi connectivity index (χ1) is 12.5. The number of rotatable bonds is 5. The molecule has 2 N–H and O–H groups in total. The third-order valence-corrected chi connectivity index (χ3v) is 3.93. The second-order valence-corrected chi connectivity index (χ2v) is 5.79.